The molecule has 120 valence electrons. The number of methoxy groups -OCH3 is 1. The predicted octanol–water partition coefficient (Wildman–Crippen LogP) is 4.65. The quantitative estimate of drug-likeness (QED) is 0.466. The summed E-state index contributed by atoms with van der Waals surface area (Å²) in [7, 11) is 1.31. The Morgan fingerprint density at radius 3 is 2.00 bits per heavy atom. The molecule has 1 rings (SSSR count). The minimum atomic E-state index is 0.0622. The van der Waals surface area contributed by atoms with E-state index in [4.69, 9.17) is 10.5 Å². The van der Waals surface area contributed by atoms with Crippen molar-refractivity contribution < 1.29 is 9.53 Å². The molecular formula is C17H29NO2S. The van der Waals surface area contributed by atoms with Gasteiger partial charge in [-0.25, -0.2) is 0 Å². The van der Waals surface area contributed by atoms with Crippen molar-refractivity contribution in [1.29, 1.82) is 0 Å². The summed E-state index contributed by atoms with van der Waals surface area (Å²) >= 11 is 1.66. The van der Waals surface area contributed by atoms with Crippen LogP contribution in [0, 0.1) is 24.2 Å². The molecule has 1 aromatic rings. The average molecular weight is 311 g/mol. The van der Waals surface area contributed by atoms with Crippen LogP contribution in [-0.4, -0.2) is 13.6 Å². The van der Waals surface area contributed by atoms with E-state index in [9.17, 15) is 0 Å². The molecule has 1 heterocycles. The van der Waals surface area contributed by atoms with Crippen molar-refractivity contribution in [3.63, 3.8) is 0 Å². The van der Waals surface area contributed by atoms with E-state index in [-0.39, 0.29) is 5.41 Å². The maximum atomic E-state index is 8.95. The molecule has 0 bridgehead atoms. The zero-order valence-electron chi connectivity index (χ0n) is 14.4. The van der Waals surface area contributed by atoms with Crippen molar-refractivity contribution >= 4 is 23.5 Å². The van der Waals surface area contributed by atoms with E-state index in [2.05, 4.69) is 50.5 Å². The van der Waals surface area contributed by atoms with Gasteiger partial charge in [-0.1, -0.05) is 25.7 Å². The molecule has 0 aliphatic carbocycles. The number of aryl methyl sites for hydroxylation is 1. The van der Waals surface area contributed by atoms with E-state index in [0.29, 0.717) is 6.47 Å². The van der Waals surface area contributed by atoms with Crippen LogP contribution >= 0.6 is 11.3 Å². The van der Waals surface area contributed by atoms with E-state index >= 15 is 0 Å². The monoisotopic (exact) mass is 311 g/mol. The zero-order valence-corrected chi connectivity index (χ0v) is 15.2. The second-order valence-electron chi connectivity index (χ2n) is 4.45. The lowest BCUT2D eigenvalue weighted by molar-refractivity contribution is -0.126. The first-order valence-corrected chi connectivity index (χ1v) is 7.47. The number of ether oxygens (including phenoxy) is 1. The van der Waals surface area contributed by atoms with Crippen molar-refractivity contribution in [2.45, 2.75) is 41.5 Å². The summed E-state index contributed by atoms with van der Waals surface area (Å²) in [5.41, 5.74) is 6.63. The molecule has 0 amide bonds. The van der Waals surface area contributed by atoms with Crippen LogP contribution in [0.2, 0.25) is 0 Å². The molecule has 21 heavy (non-hydrogen) atoms. The Hall–Kier alpha value is -1.73. The highest BCUT2D eigenvalue weighted by atomic mass is 32.1. The number of hydrogen-bond acceptors (Lipinski definition) is 4. The van der Waals surface area contributed by atoms with Crippen LogP contribution in [0.4, 0.5) is 5.69 Å². The van der Waals surface area contributed by atoms with Crippen LogP contribution in [-0.2, 0) is 9.53 Å². The van der Waals surface area contributed by atoms with Gasteiger partial charge >= 0.3 is 0 Å². The van der Waals surface area contributed by atoms with Crippen molar-refractivity contribution in [3.8, 4) is 11.8 Å². The lowest BCUT2D eigenvalue weighted by Gasteiger charge is -2.06. The number of anilines is 1. The zero-order chi connectivity index (χ0) is 17.5. The molecule has 0 saturated heterocycles. The third-order valence-electron chi connectivity index (χ3n) is 1.61. The first-order valence-electron chi connectivity index (χ1n) is 6.65. The minimum absolute atomic E-state index is 0.0622. The van der Waals surface area contributed by atoms with E-state index in [0.717, 1.165) is 15.4 Å². The summed E-state index contributed by atoms with van der Waals surface area (Å²) in [5, 5.41) is 0. The molecular weight excluding hydrogens is 282 g/mol. The molecule has 0 fully saturated rings. The van der Waals surface area contributed by atoms with Gasteiger partial charge < -0.3 is 10.5 Å². The van der Waals surface area contributed by atoms with Crippen molar-refractivity contribution in [1.82, 2.24) is 0 Å². The summed E-state index contributed by atoms with van der Waals surface area (Å²) in [4.78, 5) is 11.2. The smallest absolute Gasteiger partial charge is 0.292 e. The molecule has 0 saturated carbocycles. The minimum Gasteiger partial charge on any atom is -0.471 e. The topological polar surface area (TPSA) is 52.3 Å². The number of rotatable bonds is 1. The molecule has 1 aromatic heterocycles. The molecule has 0 aliphatic rings. The van der Waals surface area contributed by atoms with Gasteiger partial charge in [0.1, 0.15) is 0 Å². The van der Waals surface area contributed by atoms with Crippen LogP contribution in [0.25, 0.3) is 0 Å². The maximum Gasteiger partial charge on any atom is 0.292 e. The summed E-state index contributed by atoms with van der Waals surface area (Å²) in [5.74, 6) is 6.32. The molecule has 4 heteroatoms. The van der Waals surface area contributed by atoms with Crippen molar-refractivity contribution in [3.05, 3.63) is 29.0 Å². The summed E-state index contributed by atoms with van der Waals surface area (Å²) in [6.45, 7) is 18.7. The first kappa shape index (κ1) is 24.3. The largest absolute Gasteiger partial charge is 0.471 e. The third kappa shape index (κ3) is 16.2. The number of nitrogens with two attached hydrogens (primary N) is 1. The summed E-state index contributed by atoms with van der Waals surface area (Å²) < 4.78 is 3.86. The van der Waals surface area contributed by atoms with Crippen LogP contribution < -0.4 is 5.73 Å². The molecule has 2 N–H and O–H groups in total. The Morgan fingerprint density at radius 1 is 1.33 bits per heavy atom. The first-order chi connectivity index (χ1) is 9.80. The van der Waals surface area contributed by atoms with Gasteiger partial charge in [-0.3, -0.25) is 4.79 Å². The number of hydrogen-bond donors (Lipinski definition) is 1. The summed E-state index contributed by atoms with van der Waals surface area (Å²) in [6.07, 6.45) is 0. The fourth-order valence-electron chi connectivity index (χ4n) is 0.807. The van der Waals surface area contributed by atoms with Crippen LogP contribution in [0.1, 0.15) is 44.4 Å². The molecule has 0 unspecified atom stereocenters. The van der Waals surface area contributed by atoms with E-state index in [1.54, 1.807) is 11.3 Å². The number of thiophene rings is 1. The van der Waals surface area contributed by atoms with Gasteiger partial charge in [-0.2, -0.15) is 0 Å². The fourth-order valence-corrected chi connectivity index (χ4v) is 1.60. The molecule has 0 aromatic carbocycles. The normalized spacial score (nSPS) is 8.14. The molecule has 0 spiro atoms. The highest BCUT2D eigenvalue weighted by Crippen LogP contribution is 2.22. The van der Waals surface area contributed by atoms with Crippen molar-refractivity contribution in [2.75, 3.05) is 12.8 Å². The highest BCUT2D eigenvalue weighted by Gasteiger charge is 2.04. The van der Waals surface area contributed by atoms with Gasteiger partial charge in [0.2, 0.25) is 0 Å². The van der Waals surface area contributed by atoms with Gasteiger partial charge in [-0.15, -0.1) is 24.5 Å². The van der Waals surface area contributed by atoms with E-state index < -0.39 is 0 Å². The van der Waals surface area contributed by atoms with Gasteiger partial charge in [0, 0.05) is 16.0 Å². The SMILES string of the molecule is C=C.CC.COC=O.Cc1sc(C#CC(C)(C)C)cc1N. The Morgan fingerprint density at radius 2 is 1.76 bits per heavy atom. The lowest BCUT2D eigenvalue weighted by Crippen LogP contribution is -1.98. The Labute approximate surface area is 134 Å². The average Bonchev–Trinajstić information content (AvgIpc) is 2.80. The molecule has 3 nitrogen and oxygen atoms in total. The van der Waals surface area contributed by atoms with Crippen LogP contribution in [0.3, 0.4) is 0 Å². The molecule has 0 radical (unpaired) electrons. The maximum absolute atomic E-state index is 8.95. The Balaban J connectivity index is -0.000000343. The van der Waals surface area contributed by atoms with Gasteiger partial charge in [0.25, 0.3) is 6.47 Å². The second-order valence-corrected chi connectivity index (χ2v) is 5.71. The van der Waals surface area contributed by atoms with Crippen molar-refractivity contribution in [2.24, 2.45) is 5.41 Å². The molecule has 0 atom stereocenters. The lowest BCUT2D eigenvalue weighted by atomic mass is 9.98. The van der Waals surface area contributed by atoms with Gasteiger partial charge in [0.05, 0.1) is 12.0 Å². The predicted molar refractivity (Wildman–Crippen MR) is 95.5 cm³/mol. The third-order valence-corrected chi connectivity index (χ3v) is 2.59. The number of carbonyl (C=O) groups excluding carboxylic acids is 1. The second kappa shape index (κ2) is 14.7. The number of nitrogen functional groups attached to an aromatic ring is 1. The number of carbonyl (C=O) groups is 1. The standard InChI is InChI=1S/C11H15NS.C2H4O2.C2H6.C2H4/c1-8-10(12)7-9(13-8)5-6-11(2,3)4;1-4-2-3;2*1-2/h7H,12H2,1-4H3;2H,1H3;1-2H3;1-2H2. The Bertz CT molecular complexity index is 414. The van der Waals surface area contributed by atoms with E-state index in [1.807, 2.05) is 26.8 Å². The highest BCUT2D eigenvalue weighted by molar-refractivity contribution is 7.13. The van der Waals surface area contributed by atoms with E-state index in [1.165, 1.54) is 7.11 Å². The van der Waals surface area contributed by atoms with Gasteiger partial charge in [-0.05, 0) is 33.8 Å². The Kier molecular flexibility index (Phi) is 17.0. The van der Waals surface area contributed by atoms with Crippen LogP contribution in [0.15, 0.2) is 19.2 Å². The summed E-state index contributed by atoms with van der Waals surface area (Å²) in [6, 6.07) is 1.94. The fraction of sp³-hybridized carbons (Fsp3) is 0.471. The van der Waals surface area contributed by atoms with Crippen LogP contribution in [0.5, 0.6) is 0 Å². The molecule has 0 aliphatic heterocycles. The van der Waals surface area contributed by atoms with Gasteiger partial charge in [0.15, 0.2) is 0 Å².